The molecule has 0 fully saturated rings. The number of benzene rings is 3. The minimum atomic E-state index is -0.630. The fourth-order valence-corrected chi connectivity index (χ4v) is 3.18. The van der Waals surface area contributed by atoms with Crippen molar-refractivity contribution in [3.8, 4) is 11.3 Å². The Morgan fingerprint density at radius 2 is 1.84 bits per heavy atom. The highest BCUT2D eigenvalue weighted by Crippen LogP contribution is 2.29. The first kappa shape index (κ1) is 20.3. The van der Waals surface area contributed by atoms with Gasteiger partial charge in [0.2, 0.25) is 0 Å². The summed E-state index contributed by atoms with van der Waals surface area (Å²) < 4.78 is 23.9. The van der Waals surface area contributed by atoms with Gasteiger partial charge in [0.25, 0.3) is 5.91 Å². The van der Waals surface area contributed by atoms with E-state index in [4.69, 9.17) is 9.26 Å². The van der Waals surface area contributed by atoms with E-state index < -0.39 is 18.5 Å². The third-order valence-electron chi connectivity index (χ3n) is 4.81. The van der Waals surface area contributed by atoms with Gasteiger partial charge in [0, 0.05) is 19.2 Å². The lowest BCUT2D eigenvalue weighted by atomic mass is 10.1. The van der Waals surface area contributed by atoms with Crippen molar-refractivity contribution < 1.29 is 23.2 Å². The number of nitrogens with zero attached hydrogens (tertiary/aromatic N) is 2. The molecular weight excluding hydrogens is 399 g/mol. The van der Waals surface area contributed by atoms with Crippen molar-refractivity contribution in [3.05, 3.63) is 89.7 Å². The predicted octanol–water partition coefficient (Wildman–Crippen LogP) is 4.45. The minimum Gasteiger partial charge on any atom is -0.452 e. The van der Waals surface area contributed by atoms with Gasteiger partial charge in [-0.25, -0.2) is 9.18 Å². The van der Waals surface area contributed by atoms with Crippen LogP contribution in [-0.2, 0) is 16.1 Å². The lowest BCUT2D eigenvalue weighted by Crippen LogP contribution is -2.30. The molecule has 3 aromatic carbocycles. The number of amides is 1. The van der Waals surface area contributed by atoms with E-state index in [9.17, 15) is 14.0 Å². The van der Waals surface area contributed by atoms with Crippen molar-refractivity contribution in [3.63, 3.8) is 0 Å². The smallest absolute Gasteiger partial charge is 0.338 e. The molecular formula is C24H19FN2O4. The van der Waals surface area contributed by atoms with Crippen LogP contribution < -0.4 is 0 Å². The number of esters is 1. The summed E-state index contributed by atoms with van der Waals surface area (Å²) in [6.45, 7) is -0.209. The van der Waals surface area contributed by atoms with Gasteiger partial charge in [-0.3, -0.25) is 4.79 Å². The number of halogens is 1. The number of likely N-dealkylation sites (N-methyl/N-ethyl adjacent to an activating group) is 1. The summed E-state index contributed by atoms with van der Waals surface area (Å²) in [6.07, 6.45) is 0. The third kappa shape index (κ3) is 4.61. The predicted molar refractivity (Wildman–Crippen MR) is 113 cm³/mol. The zero-order valence-electron chi connectivity index (χ0n) is 16.7. The number of fused-ring (bicyclic) bond motifs is 1. The summed E-state index contributed by atoms with van der Waals surface area (Å²) in [5.41, 5.74) is 2.38. The third-order valence-corrected chi connectivity index (χ3v) is 4.81. The van der Waals surface area contributed by atoms with E-state index in [0.29, 0.717) is 22.2 Å². The molecule has 0 spiro atoms. The number of hydrogen-bond donors (Lipinski definition) is 0. The quantitative estimate of drug-likeness (QED) is 0.433. The molecule has 31 heavy (non-hydrogen) atoms. The zero-order valence-corrected chi connectivity index (χ0v) is 16.7. The lowest BCUT2D eigenvalue weighted by molar-refractivity contribution is -0.133. The highest BCUT2D eigenvalue weighted by molar-refractivity contribution is 5.99. The molecule has 0 N–H and O–H groups in total. The number of aromatic nitrogens is 1. The molecule has 0 atom stereocenters. The van der Waals surface area contributed by atoms with Crippen LogP contribution in [0.2, 0.25) is 0 Å². The Morgan fingerprint density at radius 1 is 1.03 bits per heavy atom. The van der Waals surface area contributed by atoms with E-state index in [1.807, 2.05) is 30.3 Å². The summed E-state index contributed by atoms with van der Waals surface area (Å²) in [5, 5.41) is 4.70. The van der Waals surface area contributed by atoms with Crippen LogP contribution in [0.3, 0.4) is 0 Å². The highest BCUT2D eigenvalue weighted by Gasteiger charge is 2.17. The maximum Gasteiger partial charge on any atom is 0.338 e. The van der Waals surface area contributed by atoms with Gasteiger partial charge in [-0.05, 0) is 35.9 Å². The van der Waals surface area contributed by atoms with Gasteiger partial charge < -0.3 is 14.2 Å². The molecule has 0 radical (unpaired) electrons. The molecule has 0 bridgehead atoms. The van der Waals surface area contributed by atoms with Gasteiger partial charge in [-0.2, -0.15) is 0 Å². The Labute approximate surface area is 177 Å². The molecule has 6 nitrogen and oxygen atoms in total. The first-order valence-corrected chi connectivity index (χ1v) is 9.61. The molecule has 156 valence electrons. The Kier molecular flexibility index (Phi) is 5.75. The molecule has 4 aromatic rings. The monoisotopic (exact) mass is 418 g/mol. The molecule has 0 aliphatic rings. The van der Waals surface area contributed by atoms with E-state index in [0.717, 1.165) is 5.56 Å². The van der Waals surface area contributed by atoms with Gasteiger partial charge in [0.1, 0.15) is 11.3 Å². The molecule has 1 amide bonds. The maximum atomic E-state index is 13.3. The Hall–Kier alpha value is -4.00. The van der Waals surface area contributed by atoms with Crippen molar-refractivity contribution in [2.45, 2.75) is 6.54 Å². The van der Waals surface area contributed by atoms with Gasteiger partial charge >= 0.3 is 5.97 Å². The lowest BCUT2D eigenvalue weighted by Gasteiger charge is -2.17. The van der Waals surface area contributed by atoms with Crippen LogP contribution in [-0.4, -0.2) is 35.6 Å². The topological polar surface area (TPSA) is 72.6 Å². The molecule has 0 aliphatic carbocycles. The second-order valence-corrected chi connectivity index (χ2v) is 7.07. The largest absolute Gasteiger partial charge is 0.452 e. The van der Waals surface area contributed by atoms with Crippen molar-refractivity contribution in [1.82, 2.24) is 10.1 Å². The highest BCUT2D eigenvalue weighted by atomic mass is 19.1. The van der Waals surface area contributed by atoms with Gasteiger partial charge in [-0.15, -0.1) is 0 Å². The Bertz CT molecular complexity index is 1240. The van der Waals surface area contributed by atoms with Crippen LogP contribution in [0.15, 0.2) is 77.3 Å². The first-order chi connectivity index (χ1) is 15.0. The minimum absolute atomic E-state index is 0.210. The molecule has 0 saturated carbocycles. The average Bonchev–Trinajstić information content (AvgIpc) is 3.21. The van der Waals surface area contributed by atoms with Crippen LogP contribution in [0.5, 0.6) is 0 Å². The second kappa shape index (κ2) is 8.79. The fourth-order valence-electron chi connectivity index (χ4n) is 3.18. The Morgan fingerprint density at radius 3 is 2.61 bits per heavy atom. The second-order valence-electron chi connectivity index (χ2n) is 7.07. The van der Waals surface area contributed by atoms with Crippen molar-refractivity contribution >= 4 is 22.8 Å². The van der Waals surface area contributed by atoms with E-state index in [1.54, 1.807) is 37.4 Å². The van der Waals surface area contributed by atoms with Crippen molar-refractivity contribution in [2.75, 3.05) is 13.7 Å². The Balaban J connectivity index is 1.43. The number of carbonyl (C=O) groups is 2. The SMILES string of the molecule is CN(Cc1cccc(F)c1)C(=O)COC(=O)c1ccc2noc(-c3ccccc3)c2c1. The first-order valence-electron chi connectivity index (χ1n) is 9.61. The van der Waals surface area contributed by atoms with Gasteiger partial charge in [-0.1, -0.05) is 47.6 Å². The molecule has 1 heterocycles. The van der Waals surface area contributed by atoms with Crippen LogP contribution >= 0.6 is 0 Å². The average molecular weight is 418 g/mol. The fraction of sp³-hybridized carbons (Fsp3) is 0.125. The summed E-state index contributed by atoms with van der Waals surface area (Å²) in [5.74, 6) is -0.844. The van der Waals surface area contributed by atoms with Gasteiger partial charge in [0.05, 0.1) is 10.9 Å². The molecule has 7 heteroatoms. The van der Waals surface area contributed by atoms with E-state index >= 15 is 0 Å². The normalized spacial score (nSPS) is 10.8. The van der Waals surface area contributed by atoms with Crippen LogP contribution in [0, 0.1) is 5.82 Å². The molecule has 0 aliphatic heterocycles. The van der Waals surface area contributed by atoms with Crippen molar-refractivity contribution in [1.29, 1.82) is 0 Å². The summed E-state index contributed by atoms with van der Waals surface area (Å²) in [6, 6.07) is 20.3. The maximum absolute atomic E-state index is 13.3. The number of ether oxygens (including phenoxy) is 1. The standard InChI is InChI=1S/C24H19FN2O4/c1-27(14-16-6-5-9-19(25)12-16)22(28)15-30-24(29)18-10-11-21-20(13-18)23(31-26-21)17-7-3-2-4-8-17/h2-13H,14-15H2,1H3. The summed E-state index contributed by atoms with van der Waals surface area (Å²) in [4.78, 5) is 26.2. The number of hydrogen-bond acceptors (Lipinski definition) is 5. The van der Waals surface area contributed by atoms with Crippen LogP contribution in [0.1, 0.15) is 15.9 Å². The molecule has 0 unspecified atom stereocenters. The van der Waals surface area contributed by atoms with E-state index in [-0.39, 0.29) is 17.9 Å². The van der Waals surface area contributed by atoms with Crippen molar-refractivity contribution in [2.24, 2.45) is 0 Å². The van der Waals surface area contributed by atoms with Gasteiger partial charge in [0.15, 0.2) is 12.4 Å². The van der Waals surface area contributed by atoms with Crippen LogP contribution in [0.25, 0.3) is 22.2 Å². The van der Waals surface area contributed by atoms with Crippen LogP contribution in [0.4, 0.5) is 4.39 Å². The summed E-state index contributed by atoms with van der Waals surface area (Å²) in [7, 11) is 1.57. The van der Waals surface area contributed by atoms with E-state index in [1.165, 1.54) is 17.0 Å². The molecule has 1 aromatic heterocycles. The zero-order chi connectivity index (χ0) is 21.8. The molecule has 4 rings (SSSR count). The number of rotatable bonds is 6. The summed E-state index contributed by atoms with van der Waals surface area (Å²) >= 11 is 0. The number of carbonyl (C=O) groups excluding carboxylic acids is 2. The molecule has 0 saturated heterocycles. The van der Waals surface area contributed by atoms with E-state index in [2.05, 4.69) is 5.16 Å².